The highest BCUT2D eigenvalue weighted by atomic mass is 32.2. The summed E-state index contributed by atoms with van der Waals surface area (Å²) in [6.07, 6.45) is 4.47. The summed E-state index contributed by atoms with van der Waals surface area (Å²) in [6.45, 7) is 7.45. The van der Waals surface area contributed by atoms with Crippen molar-refractivity contribution in [1.82, 2.24) is 5.06 Å². The van der Waals surface area contributed by atoms with E-state index >= 15 is 0 Å². The van der Waals surface area contributed by atoms with Gasteiger partial charge in [-0.2, -0.15) is 0 Å². The van der Waals surface area contributed by atoms with Crippen molar-refractivity contribution < 1.29 is 22.8 Å². The number of carbonyl (C=O) groups excluding carboxylic acids is 1. The van der Waals surface area contributed by atoms with E-state index in [1.165, 1.54) is 6.26 Å². The molecular weight excluding hydrogens is 366 g/mol. The second-order valence-electron chi connectivity index (χ2n) is 8.11. The highest BCUT2D eigenvalue weighted by Crippen LogP contribution is 2.20. The first-order chi connectivity index (χ1) is 12.6. The molecule has 0 bridgehead atoms. The predicted octanol–water partition coefficient (Wildman–Crippen LogP) is 3.01. The smallest absolute Gasteiger partial charge is 0.330 e. The summed E-state index contributed by atoms with van der Waals surface area (Å²) in [4.78, 5) is 17.7. The van der Waals surface area contributed by atoms with Crippen molar-refractivity contribution in [1.29, 1.82) is 0 Å². The van der Waals surface area contributed by atoms with Crippen molar-refractivity contribution in [2.24, 2.45) is 5.41 Å². The number of rotatable bonds is 7. The summed E-state index contributed by atoms with van der Waals surface area (Å²) >= 11 is 0. The zero-order chi connectivity index (χ0) is 20.1. The topological polar surface area (TPSA) is 72.9 Å². The lowest BCUT2D eigenvalue weighted by Gasteiger charge is -2.32. The molecule has 1 aliphatic heterocycles. The Bertz CT molecular complexity index is 731. The van der Waals surface area contributed by atoms with Crippen LogP contribution in [0.2, 0.25) is 0 Å². The maximum absolute atomic E-state index is 11.9. The number of sulfone groups is 1. The molecule has 2 rings (SSSR count). The molecule has 0 atom stereocenters. The first-order valence-electron chi connectivity index (χ1n) is 9.44. The van der Waals surface area contributed by atoms with Gasteiger partial charge in [0.25, 0.3) is 0 Å². The lowest BCUT2D eigenvalue weighted by atomic mass is 9.98. The largest absolute Gasteiger partial charge is 0.378 e. The molecule has 0 unspecified atom stereocenters. The van der Waals surface area contributed by atoms with Gasteiger partial charge >= 0.3 is 5.97 Å². The van der Waals surface area contributed by atoms with Crippen LogP contribution in [0.25, 0.3) is 0 Å². The average Bonchev–Trinajstić information content (AvgIpc) is 2.59. The lowest BCUT2D eigenvalue weighted by Crippen LogP contribution is -2.40. The van der Waals surface area contributed by atoms with E-state index in [0.29, 0.717) is 31.0 Å². The van der Waals surface area contributed by atoms with Crippen molar-refractivity contribution in [3.8, 4) is 0 Å². The highest BCUT2D eigenvalue weighted by molar-refractivity contribution is 7.90. The van der Waals surface area contributed by atoms with Gasteiger partial charge in [-0.1, -0.05) is 18.2 Å². The number of hydrogen-bond acceptors (Lipinski definition) is 6. The molecule has 1 saturated heterocycles. The maximum Gasteiger partial charge on any atom is 0.330 e. The molecular formula is C20H31NO5S. The molecule has 152 valence electrons. The van der Waals surface area contributed by atoms with Crippen molar-refractivity contribution in [3.63, 3.8) is 0 Å². The van der Waals surface area contributed by atoms with Crippen LogP contribution in [0.3, 0.4) is 0 Å². The second kappa shape index (κ2) is 9.17. The van der Waals surface area contributed by atoms with E-state index < -0.39 is 15.3 Å². The van der Waals surface area contributed by atoms with E-state index in [1.807, 2.05) is 32.9 Å². The van der Waals surface area contributed by atoms with Crippen LogP contribution in [0.5, 0.6) is 0 Å². The van der Waals surface area contributed by atoms with Crippen LogP contribution < -0.4 is 0 Å². The van der Waals surface area contributed by atoms with Gasteiger partial charge in [-0.3, -0.25) is 0 Å². The summed E-state index contributed by atoms with van der Waals surface area (Å²) in [6, 6.07) is 7.12. The summed E-state index contributed by atoms with van der Waals surface area (Å²) in [5.74, 6) is -0.216. The SMILES string of the molecule is CC(C)(C)C(=O)ON1CCC(OCCCc2ccccc2S(C)(=O)=O)CC1. The maximum atomic E-state index is 11.9. The number of aryl methyl sites for hydroxylation is 1. The Balaban J connectivity index is 1.71. The fourth-order valence-corrected chi connectivity index (χ4v) is 3.90. The zero-order valence-corrected chi connectivity index (χ0v) is 17.5. The number of carbonyl (C=O) groups is 1. The third kappa shape index (κ3) is 6.90. The monoisotopic (exact) mass is 397 g/mol. The van der Waals surface area contributed by atoms with Crippen molar-refractivity contribution in [2.45, 2.75) is 57.5 Å². The summed E-state index contributed by atoms with van der Waals surface area (Å²) < 4.78 is 29.6. The Hall–Kier alpha value is -1.44. The Morgan fingerprint density at radius 1 is 1.19 bits per heavy atom. The van der Waals surface area contributed by atoms with Crippen molar-refractivity contribution in [2.75, 3.05) is 26.0 Å². The normalized spacial score (nSPS) is 17.0. The quantitative estimate of drug-likeness (QED) is 0.659. The first-order valence-corrected chi connectivity index (χ1v) is 11.3. The number of hydroxylamine groups is 2. The predicted molar refractivity (Wildman–Crippen MR) is 104 cm³/mol. The van der Waals surface area contributed by atoms with Gasteiger partial charge in [-0.05, 0) is 58.1 Å². The summed E-state index contributed by atoms with van der Waals surface area (Å²) in [5, 5.41) is 1.72. The molecule has 1 fully saturated rings. The molecule has 0 aromatic heterocycles. The van der Waals surface area contributed by atoms with Crippen LogP contribution in [0.15, 0.2) is 29.2 Å². The molecule has 0 N–H and O–H groups in total. The second-order valence-corrected chi connectivity index (χ2v) is 10.1. The van der Waals surface area contributed by atoms with Crippen LogP contribution >= 0.6 is 0 Å². The van der Waals surface area contributed by atoms with E-state index in [9.17, 15) is 13.2 Å². The molecule has 1 heterocycles. The van der Waals surface area contributed by atoms with E-state index in [0.717, 1.165) is 24.8 Å². The third-order valence-corrected chi connectivity index (χ3v) is 5.74. The van der Waals surface area contributed by atoms with Crippen LogP contribution in [-0.4, -0.2) is 51.5 Å². The van der Waals surface area contributed by atoms with Gasteiger partial charge in [0.2, 0.25) is 0 Å². The fraction of sp³-hybridized carbons (Fsp3) is 0.650. The summed E-state index contributed by atoms with van der Waals surface area (Å²) in [5.41, 5.74) is 0.336. The lowest BCUT2D eigenvalue weighted by molar-refractivity contribution is -0.209. The molecule has 1 aromatic carbocycles. The summed E-state index contributed by atoms with van der Waals surface area (Å²) in [7, 11) is -3.21. The van der Waals surface area contributed by atoms with E-state index in [2.05, 4.69) is 0 Å². The standard InChI is InChI=1S/C20H31NO5S/c1-20(2,3)19(22)26-21-13-11-17(12-14-21)25-15-7-9-16-8-5-6-10-18(16)27(4,23)24/h5-6,8,10,17H,7,9,11-15H2,1-4H3. The minimum Gasteiger partial charge on any atom is -0.378 e. The Labute approximate surface area is 162 Å². The number of nitrogens with zero attached hydrogens (tertiary/aromatic N) is 1. The first kappa shape index (κ1) is 21.9. The number of ether oxygens (including phenoxy) is 1. The zero-order valence-electron chi connectivity index (χ0n) is 16.7. The Morgan fingerprint density at radius 2 is 1.81 bits per heavy atom. The third-order valence-electron chi connectivity index (χ3n) is 4.54. The molecule has 0 aliphatic carbocycles. The van der Waals surface area contributed by atoms with Gasteiger partial charge in [0.05, 0.1) is 16.4 Å². The Morgan fingerprint density at radius 3 is 2.41 bits per heavy atom. The molecule has 27 heavy (non-hydrogen) atoms. The van der Waals surface area contributed by atoms with Gasteiger partial charge in [0.15, 0.2) is 9.84 Å². The molecule has 0 saturated carbocycles. The number of hydrogen-bond donors (Lipinski definition) is 0. The van der Waals surface area contributed by atoms with Gasteiger partial charge in [-0.15, -0.1) is 5.06 Å². The van der Waals surface area contributed by atoms with Crippen molar-refractivity contribution in [3.05, 3.63) is 29.8 Å². The highest BCUT2D eigenvalue weighted by Gasteiger charge is 2.28. The van der Waals surface area contributed by atoms with Crippen molar-refractivity contribution >= 4 is 15.8 Å². The van der Waals surface area contributed by atoms with Crippen LogP contribution in [0.1, 0.15) is 45.6 Å². The number of benzene rings is 1. The molecule has 7 heteroatoms. The van der Waals surface area contributed by atoms with E-state index in [-0.39, 0.29) is 12.1 Å². The van der Waals surface area contributed by atoms with Gasteiger partial charge in [0, 0.05) is 26.0 Å². The molecule has 1 aromatic rings. The molecule has 0 amide bonds. The van der Waals surface area contributed by atoms with Crippen LogP contribution in [0, 0.1) is 5.41 Å². The molecule has 6 nitrogen and oxygen atoms in total. The molecule has 1 aliphatic rings. The van der Waals surface area contributed by atoms with E-state index in [4.69, 9.17) is 9.57 Å². The fourth-order valence-electron chi connectivity index (χ4n) is 2.93. The molecule has 0 spiro atoms. The number of piperidine rings is 1. The minimum atomic E-state index is -3.21. The van der Waals surface area contributed by atoms with Crippen LogP contribution in [-0.2, 0) is 30.6 Å². The van der Waals surface area contributed by atoms with E-state index in [1.54, 1.807) is 17.2 Å². The minimum absolute atomic E-state index is 0.153. The van der Waals surface area contributed by atoms with Crippen LogP contribution in [0.4, 0.5) is 0 Å². The van der Waals surface area contributed by atoms with Gasteiger partial charge in [-0.25, -0.2) is 13.2 Å². The average molecular weight is 398 g/mol. The van der Waals surface area contributed by atoms with Gasteiger partial charge in [0.1, 0.15) is 0 Å². The molecule has 0 radical (unpaired) electrons. The van der Waals surface area contributed by atoms with Gasteiger partial charge < -0.3 is 9.57 Å². The Kier molecular flexibility index (Phi) is 7.42.